The number of fused-ring (bicyclic) bond motifs is 1. The summed E-state index contributed by atoms with van der Waals surface area (Å²) in [6, 6.07) is 11.9. The van der Waals surface area contributed by atoms with Crippen LogP contribution in [-0.4, -0.2) is 51.0 Å². The van der Waals surface area contributed by atoms with Crippen molar-refractivity contribution in [1.82, 2.24) is 9.62 Å². The highest BCUT2D eigenvalue weighted by atomic mass is 35.5. The lowest BCUT2D eigenvalue weighted by Crippen LogP contribution is -2.46. The van der Waals surface area contributed by atoms with Crippen molar-refractivity contribution in [3.63, 3.8) is 0 Å². The number of carbonyl (C=O) groups is 1. The predicted molar refractivity (Wildman–Crippen MR) is 117 cm³/mol. The highest BCUT2D eigenvalue weighted by molar-refractivity contribution is 7.89. The molecule has 1 saturated heterocycles. The van der Waals surface area contributed by atoms with Crippen molar-refractivity contribution in [3.05, 3.63) is 52.5 Å². The molecule has 10 heteroatoms. The third-order valence-electron chi connectivity index (χ3n) is 5.43. The number of rotatable bonds is 5. The molecule has 1 atom stereocenters. The molecule has 2 aromatic rings. The Morgan fingerprint density at radius 3 is 2.52 bits per heavy atom. The van der Waals surface area contributed by atoms with Gasteiger partial charge < -0.3 is 14.8 Å². The Kier molecular flexibility index (Phi) is 6.62. The van der Waals surface area contributed by atoms with Crippen LogP contribution >= 0.6 is 23.2 Å². The maximum Gasteiger partial charge on any atom is 0.244 e. The van der Waals surface area contributed by atoms with Crippen molar-refractivity contribution in [2.75, 3.05) is 26.2 Å². The summed E-state index contributed by atoms with van der Waals surface area (Å²) < 4.78 is 38.7. The van der Waals surface area contributed by atoms with Crippen molar-refractivity contribution in [2.45, 2.75) is 23.8 Å². The van der Waals surface area contributed by atoms with Crippen molar-refractivity contribution < 1.29 is 22.7 Å². The minimum absolute atomic E-state index is 0.0142. The van der Waals surface area contributed by atoms with E-state index in [2.05, 4.69) is 5.32 Å². The molecule has 0 aliphatic carbocycles. The van der Waals surface area contributed by atoms with E-state index in [1.165, 1.54) is 10.4 Å². The Labute approximate surface area is 191 Å². The van der Waals surface area contributed by atoms with Gasteiger partial charge in [0.05, 0.1) is 16.6 Å². The lowest BCUT2D eigenvalue weighted by molar-refractivity contribution is -0.126. The number of nitrogens with zero attached hydrogens (tertiary/aromatic N) is 1. The monoisotopic (exact) mass is 484 g/mol. The number of hydrogen-bond donors (Lipinski definition) is 1. The first kappa shape index (κ1) is 22.2. The normalized spacial score (nSPS) is 19.7. The predicted octanol–water partition coefficient (Wildman–Crippen LogP) is 3.35. The third-order valence-corrected chi connectivity index (χ3v) is 8.30. The average Bonchev–Trinajstić information content (AvgIpc) is 2.79. The third kappa shape index (κ3) is 4.77. The molecular formula is C21H22Cl2N2O5S. The summed E-state index contributed by atoms with van der Waals surface area (Å²) in [5, 5.41) is 3.11. The van der Waals surface area contributed by atoms with Crippen molar-refractivity contribution >= 4 is 39.1 Å². The van der Waals surface area contributed by atoms with Gasteiger partial charge in [-0.1, -0.05) is 41.4 Å². The van der Waals surface area contributed by atoms with Crippen LogP contribution in [0.15, 0.2) is 47.4 Å². The smallest absolute Gasteiger partial charge is 0.244 e. The molecule has 2 aliphatic rings. The van der Waals surface area contributed by atoms with Gasteiger partial charge in [0.15, 0.2) is 11.5 Å². The molecule has 1 fully saturated rings. The molecule has 166 valence electrons. The number of amides is 1. The van der Waals surface area contributed by atoms with Crippen molar-refractivity contribution in [3.8, 4) is 11.5 Å². The Balaban J connectivity index is 1.30. The van der Waals surface area contributed by atoms with Crippen LogP contribution in [0.3, 0.4) is 0 Å². The molecular weight excluding hydrogens is 463 g/mol. The van der Waals surface area contributed by atoms with Crippen LogP contribution in [-0.2, 0) is 14.8 Å². The highest BCUT2D eigenvalue weighted by Gasteiger charge is 2.34. The summed E-state index contributed by atoms with van der Waals surface area (Å²) >= 11 is 12.1. The zero-order valence-electron chi connectivity index (χ0n) is 16.6. The van der Waals surface area contributed by atoms with E-state index in [0.29, 0.717) is 37.5 Å². The van der Waals surface area contributed by atoms with Gasteiger partial charge in [-0.25, -0.2) is 8.42 Å². The fraction of sp³-hybridized carbons (Fsp3) is 0.381. The Morgan fingerprint density at radius 2 is 1.77 bits per heavy atom. The maximum absolute atomic E-state index is 12.9. The molecule has 0 aromatic heterocycles. The van der Waals surface area contributed by atoms with Gasteiger partial charge >= 0.3 is 0 Å². The van der Waals surface area contributed by atoms with E-state index in [0.717, 1.165) is 0 Å². The van der Waals surface area contributed by atoms with E-state index in [4.69, 9.17) is 32.7 Å². The maximum atomic E-state index is 12.9. The van der Waals surface area contributed by atoms with E-state index in [1.54, 1.807) is 12.1 Å². The number of benzene rings is 2. The standard InChI is InChI=1S/C21H22Cl2N2O5S/c22-16-4-3-7-19(20(16)23)31(27,28)25-10-8-14(9-11-25)21(26)24-12-15-13-29-17-5-1-2-6-18(17)30-15/h1-7,14-15H,8-13H2,(H,24,26). The summed E-state index contributed by atoms with van der Waals surface area (Å²) in [6.07, 6.45) is 0.576. The van der Waals surface area contributed by atoms with Crippen molar-refractivity contribution in [2.24, 2.45) is 5.92 Å². The van der Waals surface area contributed by atoms with Gasteiger partial charge in [-0.3, -0.25) is 4.79 Å². The number of sulfonamides is 1. The molecule has 1 unspecified atom stereocenters. The average molecular weight is 485 g/mol. The molecule has 0 spiro atoms. The molecule has 0 saturated carbocycles. The van der Waals surface area contributed by atoms with Gasteiger partial charge in [0.2, 0.25) is 15.9 Å². The quantitative estimate of drug-likeness (QED) is 0.703. The topological polar surface area (TPSA) is 84.9 Å². The van der Waals surface area contributed by atoms with E-state index in [9.17, 15) is 13.2 Å². The largest absolute Gasteiger partial charge is 0.486 e. The Bertz CT molecular complexity index is 1070. The van der Waals surface area contributed by atoms with Crippen LogP contribution in [0, 0.1) is 5.92 Å². The fourth-order valence-electron chi connectivity index (χ4n) is 3.70. The molecule has 2 aliphatic heterocycles. The summed E-state index contributed by atoms with van der Waals surface area (Å²) in [5.41, 5.74) is 0. The number of carbonyl (C=O) groups excluding carboxylic acids is 1. The lowest BCUT2D eigenvalue weighted by atomic mass is 9.97. The second-order valence-corrected chi connectivity index (χ2v) is 10.2. The van der Waals surface area contributed by atoms with Gasteiger partial charge in [-0.2, -0.15) is 4.31 Å². The second kappa shape index (κ2) is 9.24. The number of piperidine rings is 1. The molecule has 0 radical (unpaired) electrons. The van der Waals surface area contributed by atoms with Gasteiger partial charge in [0.25, 0.3) is 0 Å². The number of nitrogens with one attached hydrogen (secondary N) is 1. The molecule has 4 rings (SSSR count). The summed E-state index contributed by atoms with van der Waals surface area (Å²) in [6.45, 7) is 1.15. The second-order valence-electron chi connectivity index (χ2n) is 7.47. The van der Waals surface area contributed by atoms with Crippen LogP contribution < -0.4 is 14.8 Å². The molecule has 31 heavy (non-hydrogen) atoms. The SMILES string of the molecule is O=C(NCC1COc2ccccc2O1)C1CCN(S(=O)(=O)c2cccc(Cl)c2Cl)CC1. The summed E-state index contributed by atoms with van der Waals surface area (Å²) in [4.78, 5) is 12.6. The highest BCUT2D eigenvalue weighted by Crippen LogP contribution is 2.33. The van der Waals surface area contributed by atoms with Crippen LogP contribution in [0.25, 0.3) is 0 Å². The first-order valence-electron chi connectivity index (χ1n) is 9.96. The molecule has 1 N–H and O–H groups in total. The van der Waals surface area contributed by atoms with Crippen LogP contribution in [0.2, 0.25) is 10.0 Å². The molecule has 7 nitrogen and oxygen atoms in total. The minimum Gasteiger partial charge on any atom is -0.486 e. The molecule has 0 bridgehead atoms. The molecule has 2 aromatic carbocycles. The first-order valence-corrected chi connectivity index (χ1v) is 12.2. The van der Waals surface area contributed by atoms with Gasteiger partial charge in [0.1, 0.15) is 17.6 Å². The van der Waals surface area contributed by atoms with Gasteiger partial charge in [-0.05, 0) is 37.1 Å². The van der Waals surface area contributed by atoms with Crippen LogP contribution in [0.4, 0.5) is 0 Å². The Hall–Kier alpha value is -2.00. The summed E-state index contributed by atoms with van der Waals surface area (Å²) in [7, 11) is -3.77. The van der Waals surface area contributed by atoms with Crippen LogP contribution in [0.5, 0.6) is 11.5 Å². The first-order chi connectivity index (χ1) is 14.9. The number of ether oxygens (including phenoxy) is 2. The van der Waals surface area contributed by atoms with E-state index in [-0.39, 0.29) is 46.0 Å². The fourth-order valence-corrected chi connectivity index (χ4v) is 5.91. The van der Waals surface area contributed by atoms with Gasteiger partial charge in [0, 0.05) is 19.0 Å². The minimum atomic E-state index is -3.77. The number of halogens is 2. The van der Waals surface area contributed by atoms with E-state index >= 15 is 0 Å². The Morgan fingerprint density at radius 1 is 1.06 bits per heavy atom. The van der Waals surface area contributed by atoms with Gasteiger partial charge in [-0.15, -0.1) is 0 Å². The van der Waals surface area contributed by atoms with Crippen LogP contribution in [0.1, 0.15) is 12.8 Å². The molecule has 1 amide bonds. The van der Waals surface area contributed by atoms with E-state index < -0.39 is 10.0 Å². The lowest BCUT2D eigenvalue weighted by Gasteiger charge is -2.31. The van der Waals surface area contributed by atoms with Crippen molar-refractivity contribution in [1.29, 1.82) is 0 Å². The zero-order chi connectivity index (χ0) is 22.0. The number of para-hydroxylation sites is 2. The zero-order valence-corrected chi connectivity index (χ0v) is 18.9. The molecule has 2 heterocycles. The number of hydrogen-bond acceptors (Lipinski definition) is 5. The summed E-state index contributed by atoms with van der Waals surface area (Å²) in [5.74, 6) is 0.975. The van der Waals surface area contributed by atoms with E-state index in [1.807, 2.05) is 24.3 Å².